The maximum Gasteiger partial charge on any atom is 0.142 e. The van der Waals surface area contributed by atoms with E-state index < -0.39 is 0 Å². The molecule has 1 aliphatic carbocycles. The molecule has 1 saturated heterocycles. The zero-order chi connectivity index (χ0) is 20.3. The summed E-state index contributed by atoms with van der Waals surface area (Å²) in [4.78, 5) is 6.70. The molecule has 2 aliphatic rings. The smallest absolute Gasteiger partial charge is 0.142 e. The van der Waals surface area contributed by atoms with E-state index in [2.05, 4.69) is 34.1 Å². The summed E-state index contributed by atoms with van der Waals surface area (Å²) >= 11 is 0. The topological polar surface area (TPSA) is 38.5 Å². The first-order chi connectivity index (χ1) is 14.8. The lowest BCUT2D eigenvalue weighted by atomic mass is 9.93. The van der Waals surface area contributed by atoms with Crippen molar-refractivity contribution in [3.63, 3.8) is 0 Å². The Kier molecular flexibility index (Phi) is 5.69. The molecule has 1 atom stereocenters. The van der Waals surface area contributed by atoms with Crippen molar-refractivity contribution in [3.05, 3.63) is 65.7 Å². The van der Waals surface area contributed by atoms with Crippen LogP contribution in [-0.2, 0) is 17.6 Å². The van der Waals surface area contributed by atoms with Crippen LogP contribution in [0.3, 0.4) is 0 Å². The molecule has 0 amide bonds. The number of likely N-dealkylation sites (tertiary alicyclic amines) is 1. The predicted octanol–water partition coefficient (Wildman–Crippen LogP) is 5.32. The van der Waals surface area contributed by atoms with Gasteiger partial charge < -0.3 is 14.1 Å². The first kappa shape index (κ1) is 19.5. The monoisotopic (exact) mass is 402 g/mol. The number of ether oxygens (including phenoxy) is 1. The van der Waals surface area contributed by atoms with Crippen LogP contribution in [0, 0.1) is 0 Å². The van der Waals surface area contributed by atoms with Crippen molar-refractivity contribution in [2.75, 3.05) is 33.4 Å². The molecule has 4 heteroatoms. The third-order valence-corrected chi connectivity index (χ3v) is 6.62. The van der Waals surface area contributed by atoms with Crippen molar-refractivity contribution in [3.8, 4) is 22.5 Å². The number of methoxy groups -OCH3 is 1. The van der Waals surface area contributed by atoms with Crippen molar-refractivity contribution in [1.29, 1.82) is 0 Å². The fourth-order valence-electron chi connectivity index (χ4n) is 4.99. The van der Waals surface area contributed by atoms with Crippen molar-refractivity contribution in [2.24, 2.45) is 0 Å². The van der Waals surface area contributed by atoms with Gasteiger partial charge in [-0.25, -0.2) is 0 Å². The Morgan fingerprint density at radius 3 is 2.77 bits per heavy atom. The second kappa shape index (κ2) is 8.75. The molecule has 1 aliphatic heterocycles. The molecule has 2 aromatic heterocycles. The summed E-state index contributed by atoms with van der Waals surface area (Å²) in [5.41, 5.74) is 6.58. The van der Waals surface area contributed by atoms with Crippen LogP contribution >= 0.6 is 0 Å². The molecular formula is C26H30N2O2. The molecule has 4 nitrogen and oxygen atoms in total. The Bertz CT molecular complexity index is 996. The molecule has 1 aromatic carbocycles. The lowest BCUT2D eigenvalue weighted by Gasteiger charge is -2.31. The van der Waals surface area contributed by atoms with Crippen LogP contribution in [0.15, 0.2) is 53.2 Å². The minimum Gasteiger partial charge on any atom is -0.460 e. The zero-order valence-corrected chi connectivity index (χ0v) is 17.8. The third kappa shape index (κ3) is 3.94. The summed E-state index contributed by atoms with van der Waals surface area (Å²) in [6.07, 6.45) is 9.74. The Morgan fingerprint density at radius 2 is 1.90 bits per heavy atom. The molecule has 0 N–H and O–H groups in total. The lowest BCUT2D eigenvalue weighted by molar-refractivity contribution is 0.125. The standard InChI is InChI=1S/C26H30N2O2/c1-29-15-14-28-13-3-6-23(18-28)25-17-24(26(30-25)20-9-11-27-12-10-20)22-8-7-19-4-2-5-21(19)16-22/h7-12,16-17,23H,2-6,13-15,18H2,1H3. The van der Waals surface area contributed by atoms with Gasteiger partial charge in [-0.15, -0.1) is 0 Å². The first-order valence-corrected chi connectivity index (χ1v) is 11.2. The normalized spacial score (nSPS) is 19.2. The molecule has 1 unspecified atom stereocenters. The highest BCUT2D eigenvalue weighted by molar-refractivity contribution is 5.81. The van der Waals surface area contributed by atoms with E-state index in [4.69, 9.17) is 9.15 Å². The van der Waals surface area contributed by atoms with Crippen LogP contribution in [0.25, 0.3) is 22.5 Å². The molecule has 1 fully saturated rings. The number of hydrogen-bond donors (Lipinski definition) is 0. The number of piperidine rings is 1. The number of aryl methyl sites for hydroxylation is 2. The Balaban J connectivity index is 1.51. The van der Waals surface area contributed by atoms with E-state index in [1.807, 2.05) is 24.5 Å². The minimum absolute atomic E-state index is 0.430. The van der Waals surface area contributed by atoms with E-state index in [1.165, 1.54) is 54.4 Å². The van der Waals surface area contributed by atoms with Gasteiger partial charge in [0.15, 0.2) is 0 Å². The van der Waals surface area contributed by atoms with E-state index in [9.17, 15) is 0 Å². The molecule has 30 heavy (non-hydrogen) atoms. The van der Waals surface area contributed by atoms with Gasteiger partial charge in [-0.3, -0.25) is 4.98 Å². The molecule has 0 radical (unpaired) electrons. The number of furan rings is 1. The van der Waals surface area contributed by atoms with Gasteiger partial charge in [0.05, 0.1) is 6.61 Å². The molecule has 156 valence electrons. The summed E-state index contributed by atoms with van der Waals surface area (Å²) in [7, 11) is 1.78. The highest BCUT2D eigenvalue weighted by atomic mass is 16.5. The number of nitrogens with zero attached hydrogens (tertiary/aromatic N) is 2. The molecular weight excluding hydrogens is 372 g/mol. The van der Waals surface area contributed by atoms with Crippen molar-refractivity contribution in [2.45, 2.75) is 38.0 Å². The number of aromatic nitrogens is 1. The zero-order valence-electron chi connectivity index (χ0n) is 17.8. The Labute approximate surface area is 178 Å². The van der Waals surface area contributed by atoms with Gasteiger partial charge in [-0.1, -0.05) is 18.2 Å². The molecule has 5 rings (SSSR count). The van der Waals surface area contributed by atoms with E-state index in [1.54, 1.807) is 7.11 Å². The fourth-order valence-corrected chi connectivity index (χ4v) is 4.99. The number of fused-ring (bicyclic) bond motifs is 1. The summed E-state index contributed by atoms with van der Waals surface area (Å²) in [5.74, 6) is 2.51. The SMILES string of the molecule is COCCN1CCCC(c2cc(-c3ccc4c(c3)CCC4)c(-c3ccncc3)o2)C1. The first-order valence-electron chi connectivity index (χ1n) is 11.2. The van der Waals surface area contributed by atoms with Crippen molar-refractivity contribution >= 4 is 0 Å². The summed E-state index contributed by atoms with van der Waals surface area (Å²) in [6.45, 7) is 3.96. The summed E-state index contributed by atoms with van der Waals surface area (Å²) < 4.78 is 11.9. The van der Waals surface area contributed by atoms with Crippen LogP contribution in [0.5, 0.6) is 0 Å². The fraction of sp³-hybridized carbons (Fsp3) is 0.423. The van der Waals surface area contributed by atoms with Crippen molar-refractivity contribution < 1.29 is 9.15 Å². The van der Waals surface area contributed by atoms with Gasteiger partial charge in [-0.05, 0) is 73.5 Å². The maximum absolute atomic E-state index is 6.58. The van der Waals surface area contributed by atoms with Crippen LogP contribution < -0.4 is 0 Å². The van der Waals surface area contributed by atoms with Crippen LogP contribution in [0.1, 0.15) is 42.1 Å². The number of hydrogen-bond acceptors (Lipinski definition) is 4. The second-order valence-corrected chi connectivity index (χ2v) is 8.60. The maximum atomic E-state index is 6.58. The van der Waals surface area contributed by atoms with Crippen LogP contribution in [0.4, 0.5) is 0 Å². The van der Waals surface area contributed by atoms with Gasteiger partial charge in [0, 0.05) is 49.6 Å². The Hall–Kier alpha value is -2.43. The largest absolute Gasteiger partial charge is 0.460 e. The highest BCUT2D eigenvalue weighted by Crippen LogP contribution is 2.40. The molecule has 0 bridgehead atoms. The quantitative estimate of drug-likeness (QED) is 0.559. The predicted molar refractivity (Wildman–Crippen MR) is 120 cm³/mol. The summed E-state index contributed by atoms with van der Waals surface area (Å²) in [5, 5.41) is 0. The van der Waals surface area contributed by atoms with Crippen LogP contribution in [0.2, 0.25) is 0 Å². The van der Waals surface area contributed by atoms with Gasteiger partial charge >= 0.3 is 0 Å². The van der Waals surface area contributed by atoms with Gasteiger partial charge in [0.1, 0.15) is 11.5 Å². The molecule has 0 spiro atoms. The van der Waals surface area contributed by atoms with Gasteiger partial charge in [-0.2, -0.15) is 0 Å². The number of rotatable bonds is 6. The van der Waals surface area contributed by atoms with E-state index in [0.717, 1.165) is 43.3 Å². The third-order valence-electron chi connectivity index (χ3n) is 6.62. The Morgan fingerprint density at radius 1 is 1.03 bits per heavy atom. The molecule has 0 saturated carbocycles. The van der Waals surface area contributed by atoms with E-state index in [0.29, 0.717) is 5.92 Å². The van der Waals surface area contributed by atoms with E-state index in [-0.39, 0.29) is 0 Å². The van der Waals surface area contributed by atoms with Gasteiger partial charge in [0.2, 0.25) is 0 Å². The lowest BCUT2D eigenvalue weighted by Crippen LogP contribution is -2.36. The number of pyridine rings is 1. The summed E-state index contributed by atoms with van der Waals surface area (Å²) in [6, 6.07) is 13.4. The molecule has 3 aromatic rings. The number of benzene rings is 1. The average molecular weight is 403 g/mol. The van der Waals surface area contributed by atoms with Crippen LogP contribution in [-0.4, -0.2) is 43.2 Å². The molecule has 3 heterocycles. The van der Waals surface area contributed by atoms with E-state index >= 15 is 0 Å². The van der Waals surface area contributed by atoms with Gasteiger partial charge in [0.25, 0.3) is 0 Å². The second-order valence-electron chi connectivity index (χ2n) is 8.60. The van der Waals surface area contributed by atoms with Crippen molar-refractivity contribution in [1.82, 2.24) is 9.88 Å². The average Bonchev–Trinajstić information content (AvgIpc) is 3.45. The minimum atomic E-state index is 0.430. The highest BCUT2D eigenvalue weighted by Gasteiger charge is 2.26.